The standard InChI is InChI=1S/C24H29NO3/c1-27-23(26)16-18-12-13-25(17-18)14-15-28-24-21-8-4-2-6-19(21)10-11-20-7-3-5-9-22(20)24/h2-9,18,24H,10-17H2,1H3. The Kier molecular flexibility index (Phi) is 6.08. The van der Waals surface area contributed by atoms with Crippen LogP contribution in [0.15, 0.2) is 48.5 Å². The van der Waals surface area contributed by atoms with E-state index in [2.05, 4.69) is 53.4 Å². The number of fused-ring (bicyclic) bond motifs is 2. The minimum absolute atomic E-state index is 0.00312. The van der Waals surface area contributed by atoms with Crippen LogP contribution in [0.5, 0.6) is 0 Å². The molecule has 1 heterocycles. The van der Waals surface area contributed by atoms with Gasteiger partial charge in [-0.05, 0) is 54.0 Å². The fourth-order valence-electron chi connectivity index (χ4n) is 4.55. The predicted octanol–water partition coefficient (Wildman–Crippen LogP) is 3.78. The first kappa shape index (κ1) is 19.2. The maximum Gasteiger partial charge on any atom is 0.305 e. The number of methoxy groups -OCH3 is 1. The number of aryl methyl sites for hydroxylation is 2. The molecule has 0 saturated carbocycles. The van der Waals surface area contributed by atoms with Gasteiger partial charge in [0.05, 0.1) is 13.7 Å². The van der Waals surface area contributed by atoms with Crippen LogP contribution in [0.25, 0.3) is 0 Å². The largest absolute Gasteiger partial charge is 0.469 e. The first-order valence-electron chi connectivity index (χ1n) is 10.3. The van der Waals surface area contributed by atoms with Crippen molar-refractivity contribution >= 4 is 5.97 Å². The van der Waals surface area contributed by atoms with Crippen LogP contribution in [-0.4, -0.2) is 44.2 Å². The Labute approximate surface area is 167 Å². The third-order valence-electron chi connectivity index (χ3n) is 6.08. The summed E-state index contributed by atoms with van der Waals surface area (Å²) in [7, 11) is 1.46. The van der Waals surface area contributed by atoms with Crippen molar-refractivity contribution < 1.29 is 14.3 Å². The van der Waals surface area contributed by atoms with E-state index in [4.69, 9.17) is 9.47 Å². The quantitative estimate of drug-likeness (QED) is 0.716. The minimum atomic E-state index is -0.102. The normalized spacial score (nSPS) is 19.7. The molecule has 4 heteroatoms. The average molecular weight is 380 g/mol. The molecular formula is C24H29NO3. The summed E-state index contributed by atoms with van der Waals surface area (Å²) >= 11 is 0. The van der Waals surface area contributed by atoms with Crippen LogP contribution in [0, 0.1) is 5.92 Å². The number of likely N-dealkylation sites (tertiary alicyclic amines) is 1. The monoisotopic (exact) mass is 379 g/mol. The Morgan fingerprint density at radius 2 is 1.68 bits per heavy atom. The Balaban J connectivity index is 1.40. The SMILES string of the molecule is COC(=O)CC1CCN(CCOC2c3ccccc3CCc3ccccc32)C1. The highest BCUT2D eigenvalue weighted by atomic mass is 16.5. The molecule has 148 valence electrons. The summed E-state index contributed by atoms with van der Waals surface area (Å²) in [4.78, 5) is 13.9. The Morgan fingerprint density at radius 1 is 1.04 bits per heavy atom. The number of benzene rings is 2. The Hall–Kier alpha value is -2.17. The average Bonchev–Trinajstić information content (AvgIpc) is 3.10. The van der Waals surface area contributed by atoms with Crippen molar-refractivity contribution in [2.45, 2.75) is 31.8 Å². The second-order valence-electron chi connectivity index (χ2n) is 7.88. The lowest BCUT2D eigenvalue weighted by atomic mass is 9.97. The summed E-state index contributed by atoms with van der Waals surface area (Å²) in [6.45, 7) is 3.58. The zero-order chi connectivity index (χ0) is 19.3. The van der Waals surface area contributed by atoms with Gasteiger partial charge >= 0.3 is 5.97 Å². The molecule has 0 N–H and O–H groups in total. The van der Waals surface area contributed by atoms with E-state index in [0.717, 1.165) is 38.9 Å². The van der Waals surface area contributed by atoms with Crippen molar-refractivity contribution in [2.24, 2.45) is 5.92 Å². The number of carbonyl (C=O) groups is 1. The van der Waals surface area contributed by atoms with Crippen molar-refractivity contribution in [3.8, 4) is 0 Å². The van der Waals surface area contributed by atoms with Gasteiger partial charge in [0.2, 0.25) is 0 Å². The highest BCUT2D eigenvalue weighted by Crippen LogP contribution is 2.35. The molecule has 0 spiro atoms. The van der Waals surface area contributed by atoms with E-state index >= 15 is 0 Å². The summed E-state index contributed by atoms with van der Waals surface area (Å²) in [6, 6.07) is 17.4. The van der Waals surface area contributed by atoms with Gasteiger partial charge in [0, 0.05) is 19.5 Å². The maximum absolute atomic E-state index is 11.5. The summed E-state index contributed by atoms with van der Waals surface area (Å²) in [6.07, 6.45) is 3.72. The zero-order valence-corrected chi connectivity index (χ0v) is 16.6. The number of ether oxygens (including phenoxy) is 2. The molecule has 28 heavy (non-hydrogen) atoms. The molecule has 1 fully saturated rings. The van der Waals surface area contributed by atoms with E-state index in [9.17, 15) is 4.79 Å². The molecule has 2 aromatic rings. The van der Waals surface area contributed by atoms with Crippen LogP contribution >= 0.6 is 0 Å². The van der Waals surface area contributed by atoms with Crippen LogP contribution in [0.3, 0.4) is 0 Å². The number of hydrogen-bond acceptors (Lipinski definition) is 4. The smallest absolute Gasteiger partial charge is 0.305 e. The van der Waals surface area contributed by atoms with E-state index in [1.165, 1.54) is 29.4 Å². The number of carbonyl (C=O) groups excluding carboxylic acids is 1. The molecule has 0 aromatic heterocycles. The van der Waals surface area contributed by atoms with Crippen molar-refractivity contribution in [2.75, 3.05) is 33.4 Å². The van der Waals surface area contributed by atoms with Crippen LogP contribution in [-0.2, 0) is 27.1 Å². The van der Waals surface area contributed by atoms with Crippen LogP contribution in [0.2, 0.25) is 0 Å². The number of esters is 1. The van der Waals surface area contributed by atoms with Crippen LogP contribution in [0.1, 0.15) is 41.2 Å². The van der Waals surface area contributed by atoms with E-state index < -0.39 is 0 Å². The maximum atomic E-state index is 11.5. The van der Waals surface area contributed by atoms with Gasteiger partial charge in [0.25, 0.3) is 0 Å². The summed E-state index contributed by atoms with van der Waals surface area (Å²) in [5.74, 6) is 0.307. The molecule has 0 bridgehead atoms. The Morgan fingerprint density at radius 3 is 2.32 bits per heavy atom. The lowest BCUT2D eigenvalue weighted by Crippen LogP contribution is -2.26. The van der Waals surface area contributed by atoms with Gasteiger partial charge < -0.3 is 14.4 Å². The van der Waals surface area contributed by atoms with Crippen molar-refractivity contribution in [3.05, 3.63) is 70.8 Å². The molecule has 2 aliphatic rings. The van der Waals surface area contributed by atoms with Crippen molar-refractivity contribution in [1.29, 1.82) is 0 Å². The van der Waals surface area contributed by atoms with Gasteiger partial charge in [-0.25, -0.2) is 0 Å². The van der Waals surface area contributed by atoms with E-state index in [1.54, 1.807) is 0 Å². The van der Waals surface area contributed by atoms with Gasteiger partial charge in [-0.1, -0.05) is 48.5 Å². The van der Waals surface area contributed by atoms with Crippen molar-refractivity contribution in [3.63, 3.8) is 0 Å². The van der Waals surface area contributed by atoms with Crippen molar-refractivity contribution in [1.82, 2.24) is 4.90 Å². The van der Waals surface area contributed by atoms with Gasteiger partial charge in [-0.3, -0.25) is 4.79 Å². The van der Waals surface area contributed by atoms with Gasteiger partial charge in [-0.2, -0.15) is 0 Å². The topological polar surface area (TPSA) is 38.8 Å². The second-order valence-corrected chi connectivity index (χ2v) is 7.88. The number of rotatable bonds is 6. The van der Waals surface area contributed by atoms with E-state index in [1.807, 2.05) is 0 Å². The molecule has 0 radical (unpaired) electrons. The molecule has 1 aliphatic heterocycles. The molecule has 1 unspecified atom stereocenters. The minimum Gasteiger partial charge on any atom is -0.469 e. The molecular weight excluding hydrogens is 350 g/mol. The molecule has 4 rings (SSSR count). The van der Waals surface area contributed by atoms with Crippen LogP contribution < -0.4 is 0 Å². The molecule has 0 amide bonds. The third-order valence-corrected chi connectivity index (χ3v) is 6.08. The highest BCUT2D eigenvalue weighted by Gasteiger charge is 2.26. The van der Waals surface area contributed by atoms with E-state index in [0.29, 0.717) is 18.9 Å². The van der Waals surface area contributed by atoms with Crippen LogP contribution in [0.4, 0.5) is 0 Å². The molecule has 2 aromatic carbocycles. The molecule has 4 nitrogen and oxygen atoms in total. The summed E-state index contributed by atoms with van der Waals surface area (Å²) < 4.78 is 11.3. The summed E-state index contributed by atoms with van der Waals surface area (Å²) in [5, 5.41) is 0. The van der Waals surface area contributed by atoms with Gasteiger partial charge in [0.1, 0.15) is 6.10 Å². The Bertz CT molecular complexity index is 772. The molecule has 1 saturated heterocycles. The van der Waals surface area contributed by atoms with Gasteiger partial charge in [-0.15, -0.1) is 0 Å². The second kappa shape index (κ2) is 8.89. The fraction of sp³-hybridized carbons (Fsp3) is 0.458. The third kappa shape index (κ3) is 4.29. The predicted molar refractivity (Wildman–Crippen MR) is 109 cm³/mol. The fourth-order valence-corrected chi connectivity index (χ4v) is 4.55. The summed E-state index contributed by atoms with van der Waals surface area (Å²) in [5.41, 5.74) is 5.39. The number of hydrogen-bond donors (Lipinski definition) is 0. The van der Waals surface area contributed by atoms with E-state index in [-0.39, 0.29) is 12.1 Å². The highest BCUT2D eigenvalue weighted by molar-refractivity contribution is 5.69. The van der Waals surface area contributed by atoms with Gasteiger partial charge in [0.15, 0.2) is 0 Å². The molecule has 1 atom stereocenters. The number of nitrogens with zero attached hydrogens (tertiary/aromatic N) is 1. The first-order chi connectivity index (χ1) is 13.7. The lowest BCUT2D eigenvalue weighted by molar-refractivity contribution is -0.141. The lowest BCUT2D eigenvalue weighted by Gasteiger charge is -2.23. The first-order valence-corrected chi connectivity index (χ1v) is 10.3. The molecule has 1 aliphatic carbocycles. The zero-order valence-electron chi connectivity index (χ0n) is 16.6.